The average molecular weight is 476 g/mol. The molecule has 148 valence electrons. The molecule has 2 aromatic carbocycles. The number of amides is 1. The topological polar surface area (TPSA) is 80.9 Å². The minimum absolute atomic E-state index is 0.217. The number of hydrogen-bond acceptors (Lipinski definition) is 5. The van der Waals surface area contributed by atoms with Gasteiger partial charge in [-0.3, -0.25) is 4.79 Å². The lowest BCUT2D eigenvalue weighted by molar-refractivity contribution is -0.120. The Morgan fingerprint density at radius 2 is 1.93 bits per heavy atom. The van der Waals surface area contributed by atoms with Crippen LogP contribution >= 0.6 is 27.5 Å². The maximum absolute atomic E-state index is 12.0. The smallest absolute Gasteiger partial charge is 0.339 e. The molecule has 0 fully saturated rings. The summed E-state index contributed by atoms with van der Waals surface area (Å²) in [5.41, 5.74) is 4.25. The lowest BCUT2D eigenvalue weighted by Gasteiger charge is -2.04. The Labute approximate surface area is 180 Å². The third-order valence-corrected chi connectivity index (χ3v) is 4.80. The van der Waals surface area contributed by atoms with Crippen molar-refractivity contribution in [3.05, 3.63) is 81.0 Å². The van der Waals surface area contributed by atoms with Crippen molar-refractivity contribution in [1.29, 1.82) is 0 Å². The van der Waals surface area contributed by atoms with Crippen molar-refractivity contribution >= 4 is 45.6 Å². The van der Waals surface area contributed by atoms with Crippen molar-refractivity contribution in [1.82, 2.24) is 5.43 Å². The largest absolute Gasteiger partial charge is 0.465 e. The number of hydrogen-bond donors (Lipinski definition) is 1. The van der Waals surface area contributed by atoms with Crippen molar-refractivity contribution in [2.75, 3.05) is 7.11 Å². The molecule has 0 aliphatic carbocycles. The molecule has 3 rings (SSSR count). The zero-order valence-corrected chi connectivity index (χ0v) is 17.7. The Bertz CT molecular complexity index is 1060. The molecule has 6 nitrogen and oxygen atoms in total. The molecular formula is C21H16BrClN2O4. The summed E-state index contributed by atoms with van der Waals surface area (Å²) in [4.78, 5) is 23.7. The van der Waals surface area contributed by atoms with Gasteiger partial charge in [-0.05, 0) is 48.0 Å². The first-order valence-electron chi connectivity index (χ1n) is 8.50. The molecule has 0 aliphatic rings. The van der Waals surface area contributed by atoms with Crippen LogP contribution in [0.4, 0.5) is 0 Å². The second-order valence-electron chi connectivity index (χ2n) is 5.98. The minimum Gasteiger partial charge on any atom is -0.465 e. The normalized spacial score (nSPS) is 10.9. The monoisotopic (exact) mass is 474 g/mol. The van der Waals surface area contributed by atoms with Gasteiger partial charge >= 0.3 is 5.97 Å². The molecular weight excluding hydrogens is 460 g/mol. The van der Waals surface area contributed by atoms with Gasteiger partial charge in [-0.2, -0.15) is 5.10 Å². The van der Waals surface area contributed by atoms with E-state index in [0.717, 1.165) is 10.0 Å². The summed E-state index contributed by atoms with van der Waals surface area (Å²) in [6, 6.07) is 15.8. The molecule has 1 heterocycles. The Morgan fingerprint density at radius 1 is 1.17 bits per heavy atom. The number of benzene rings is 2. The number of methoxy groups -OCH3 is 1. The van der Waals surface area contributed by atoms with Crippen LogP contribution in [0.25, 0.3) is 11.3 Å². The van der Waals surface area contributed by atoms with Crippen molar-refractivity contribution in [2.24, 2.45) is 5.10 Å². The predicted octanol–water partition coefficient (Wildman–Crippen LogP) is 4.84. The van der Waals surface area contributed by atoms with Gasteiger partial charge in [0.05, 0.1) is 30.3 Å². The van der Waals surface area contributed by atoms with Crippen LogP contribution in [0.5, 0.6) is 0 Å². The molecule has 1 N–H and O–H groups in total. The van der Waals surface area contributed by atoms with E-state index >= 15 is 0 Å². The summed E-state index contributed by atoms with van der Waals surface area (Å²) < 4.78 is 11.4. The Morgan fingerprint density at radius 3 is 2.66 bits per heavy atom. The van der Waals surface area contributed by atoms with Crippen molar-refractivity contribution in [3.63, 3.8) is 0 Å². The first kappa shape index (κ1) is 20.8. The number of furan rings is 1. The van der Waals surface area contributed by atoms with E-state index in [1.807, 2.05) is 24.3 Å². The average Bonchev–Trinajstić information content (AvgIpc) is 3.18. The maximum atomic E-state index is 12.0. The molecule has 3 aromatic rings. The van der Waals surface area contributed by atoms with Gasteiger partial charge in [-0.15, -0.1) is 0 Å². The number of hydrazone groups is 1. The summed E-state index contributed by atoms with van der Waals surface area (Å²) in [5, 5.41) is 4.21. The minimum atomic E-state index is -0.529. The summed E-state index contributed by atoms with van der Waals surface area (Å²) in [6.45, 7) is 0. The summed E-state index contributed by atoms with van der Waals surface area (Å²) >= 11 is 9.38. The zero-order valence-electron chi connectivity index (χ0n) is 15.3. The molecule has 1 aromatic heterocycles. The molecule has 0 unspecified atom stereocenters. The van der Waals surface area contributed by atoms with E-state index in [4.69, 9.17) is 20.8 Å². The summed E-state index contributed by atoms with van der Waals surface area (Å²) in [6.07, 6.45) is 1.62. The molecule has 0 atom stereocenters. The second kappa shape index (κ2) is 9.54. The molecule has 8 heteroatoms. The van der Waals surface area contributed by atoms with E-state index in [0.29, 0.717) is 22.1 Å². The van der Waals surface area contributed by atoms with Gasteiger partial charge in [0.2, 0.25) is 5.91 Å². The highest BCUT2D eigenvalue weighted by molar-refractivity contribution is 9.10. The van der Waals surface area contributed by atoms with E-state index in [1.165, 1.54) is 13.3 Å². The lowest BCUT2D eigenvalue weighted by atomic mass is 10.1. The van der Waals surface area contributed by atoms with Crippen molar-refractivity contribution in [3.8, 4) is 11.3 Å². The van der Waals surface area contributed by atoms with Crippen molar-refractivity contribution in [2.45, 2.75) is 6.42 Å². The SMILES string of the molecule is COC(=O)c1cc(-c2ccc(/C=N/NC(=O)Cc3ccc(Br)cc3)o2)ccc1Cl. The zero-order chi connectivity index (χ0) is 20.8. The van der Waals surface area contributed by atoms with Gasteiger partial charge in [0.25, 0.3) is 0 Å². The van der Waals surface area contributed by atoms with Crippen LogP contribution in [0.15, 0.2) is 68.6 Å². The van der Waals surface area contributed by atoms with Crippen molar-refractivity contribution < 1.29 is 18.7 Å². The molecule has 0 radical (unpaired) electrons. The molecule has 0 bridgehead atoms. The van der Waals surface area contributed by atoms with Crippen LogP contribution in [0.1, 0.15) is 21.7 Å². The van der Waals surface area contributed by atoms with E-state index in [-0.39, 0.29) is 17.9 Å². The Hall–Kier alpha value is -2.90. The third-order valence-electron chi connectivity index (χ3n) is 3.94. The molecule has 0 saturated carbocycles. The quantitative estimate of drug-likeness (QED) is 0.314. The summed E-state index contributed by atoms with van der Waals surface area (Å²) in [7, 11) is 1.29. The van der Waals surface area contributed by atoms with Crippen LogP contribution in [0.2, 0.25) is 5.02 Å². The maximum Gasteiger partial charge on any atom is 0.339 e. The molecule has 0 aliphatic heterocycles. The Balaban J connectivity index is 1.63. The first-order chi connectivity index (χ1) is 14.0. The number of rotatable bonds is 6. The second-order valence-corrected chi connectivity index (χ2v) is 7.31. The number of halogens is 2. The molecule has 0 saturated heterocycles. The summed E-state index contributed by atoms with van der Waals surface area (Å²) in [5.74, 6) is 0.197. The van der Waals surface area contributed by atoms with E-state index in [2.05, 4.69) is 26.5 Å². The number of carbonyl (C=O) groups is 2. The molecule has 0 spiro atoms. The van der Waals surface area contributed by atoms with Gasteiger partial charge in [-0.1, -0.05) is 39.7 Å². The lowest BCUT2D eigenvalue weighted by Crippen LogP contribution is -2.19. The van der Waals surface area contributed by atoms with Crippen LogP contribution in [-0.4, -0.2) is 25.2 Å². The van der Waals surface area contributed by atoms with Gasteiger partial charge < -0.3 is 9.15 Å². The Kier molecular flexibility index (Phi) is 6.85. The number of nitrogens with one attached hydrogen (secondary N) is 1. The van der Waals surface area contributed by atoms with Gasteiger partial charge in [0.15, 0.2) is 0 Å². The standard InChI is InChI=1S/C21H16BrClN2O4/c1-28-21(27)17-11-14(4-8-18(17)23)19-9-7-16(29-19)12-24-25-20(26)10-13-2-5-15(22)6-3-13/h2-9,11-12H,10H2,1H3,(H,25,26)/b24-12+. The van der Waals surface area contributed by atoms with Crippen LogP contribution in [-0.2, 0) is 16.0 Å². The third kappa shape index (κ3) is 5.56. The van der Waals surface area contributed by atoms with Crippen LogP contribution < -0.4 is 5.43 Å². The van der Waals surface area contributed by atoms with E-state index in [9.17, 15) is 9.59 Å². The number of nitrogens with zero attached hydrogens (tertiary/aromatic N) is 1. The van der Waals surface area contributed by atoms with Gasteiger partial charge in [-0.25, -0.2) is 10.2 Å². The predicted molar refractivity (Wildman–Crippen MR) is 114 cm³/mol. The highest BCUT2D eigenvalue weighted by Gasteiger charge is 2.13. The highest BCUT2D eigenvalue weighted by Crippen LogP contribution is 2.27. The molecule has 29 heavy (non-hydrogen) atoms. The fourth-order valence-corrected chi connectivity index (χ4v) is 2.98. The van der Waals surface area contributed by atoms with E-state index < -0.39 is 5.97 Å². The number of carbonyl (C=O) groups excluding carboxylic acids is 2. The number of ether oxygens (including phenoxy) is 1. The highest BCUT2D eigenvalue weighted by atomic mass is 79.9. The number of esters is 1. The molecule has 1 amide bonds. The fraction of sp³-hybridized carbons (Fsp3) is 0.0952. The van der Waals surface area contributed by atoms with Gasteiger partial charge in [0, 0.05) is 10.0 Å². The van der Waals surface area contributed by atoms with Crippen LogP contribution in [0, 0.1) is 0 Å². The van der Waals surface area contributed by atoms with Gasteiger partial charge in [0.1, 0.15) is 11.5 Å². The fourth-order valence-electron chi connectivity index (χ4n) is 2.52. The van der Waals surface area contributed by atoms with E-state index in [1.54, 1.807) is 30.3 Å². The van der Waals surface area contributed by atoms with Crippen LogP contribution in [0.3, 0.4) is 0 Å². The first-order valence-corrected chi connectivity index (χ1v) is 9.68.